The van der Waals surface area contributed by atoms with Crippen LogP contribution in [0.2, 0.25) is 0 Å². The predicted octanol–water partition coefficient (Wildman–Crippen LogP) is 2.58. The van der Waals surface area contributed by atoms with Gasteiger partial charge in [-0.25, -0.2) is 4.98 Å². The number of hydrogen-bond donors (Lipinski definition) is 2. The normalized spacial score (nSPS) is 14.6. The van der Waals surface area contributed by atoms with E-state index in [9.17, 15) is 0 Å². The minimum atomic E-state index is 0.797. The molecule has 3 rings (SSSR count). The second-order valence-electron chi connectivity index (χ2n) is 5.02. The Bertz CT molecular complexity index is 546. The van der Waals surface area contributed by atoms with Crippen LogP contribution in [0.25, 0.3) is 11.3 Å². The second-order valence-corrected chi connectivity index (χ2v) is 5.02. The fourth-order valence-corrected chi connectivity index (χ4v) is 2.17. The number of hydrogen-bond acceptors (Lipinski definition) is 3. The second kappa shape index (κ2) is 5.45. The molecule has 19 heavy (non-hydrogen) atoms. The smallest absolute Gasteiger partial charge is 0.128 e. The number of benzene rings is 1. The van der Waals surface area contributed by atoms with E-state index in [4.69, 9.17) is 4.74 Å². The van der Waals surface area contributed by atoms with Gasteiger partial charge in [0.15, 0.2) is 0 Å². The first-order valence-corrected chi connectivity index (χ1v) is 6.75. The van der Waals surface area contributed by atoms with Crippen molar-refractivity contribution in [3.8, 4) is 17.0 Å². The molecule has 1 aliphatic rings. The molecule has 0 aliphatic heterocycles. The molecule has 0 amide bonds. The summed E-state index contributed by atoms with van der Waals surface area (Å²) in [6.07, 6.45) is 4.61. The fourth-order valence-electron chi connectivity index (χ4n) is 2.17. The van der Waals surface area contributed by atoms with E-state index < -0.39 is 0 Å². The number of methoxy groups -OCH3 is 1. The molecule has 0 spiro atoms. The van der Waals surface area contributed by atoms with Crippen LogP contribution in [0.1, 0.15) is 18.7 Å². The van der Waals surface area contributed by atoms with Crippen molar-refractivity contribution in [2.75, 3.05) is 13.7 Å². The Morgan fingerprint density at radius 3 is 3.00 bits per heavy atom. The summed E-state index contributed by atoms with van der Waals surface area (Å²) in [6, 6.07) is 7.97. The zero-order valence-corrected chi connectivity index (χ0v) is 11.1. The average molecular weight is 257 g/mol. The summed E-state index contributed by atoms with van der Waals surface area (Å²) >= 11 is 0. The highest BCUT2D eigenvalue weighted by atomic mass is 16.5. The van der Waals surface area contributed by atoms with E-state index in [0.717, 1.165) is 41.8 Å². The molecule has 1 aromatic carbocycles. The predicted molar refractivity (Wildman–Crippen MR) is 75.0 cm³/mol. The van der Waals surface area contributed by atoms with Gasteiger partial charge in [0.2, 0.25) is 0 Å². The van der Waals surface area contributed by atoms with Gasteiger partial charge in [-0.2, -0.15) is 0 Å². The highest BCUT2D eigenvalue weighted by Crippen LogP contribution is 2.28. The third-order valence-electron chi connectivity index (χ3n) is 3.45. The number of imidazole rings is 1. The monoisotopic (exact) mass is 257 g/mol. The molecule has 4 heteroatoms. The van der Waals surface area contributed by atoms with Crippen LogP contribution in [0.4, 0.5) is 0 Å². The maximum atomic E-state index is 5.37. The molecule has 1 heterocycles. The van der Waals surface area contributed by atoms with Crippen LogP contribution in [0, 0.1) is 5.92 Å². The van der Waals surface area contributed by atoms with Gasteiger partial charge in [0.05, 0.1) is 25.5 Å². The number of para-hydroxylation sites is 1. The van der Waals surface area contributed by atoms with Gasteiger partial charge in [-0.15, -0.1) is 0 Å². The lowest BCUT2D eigenvalue weighted by molar-refractivity contribution is 0.416. The topological polar surface area (TPSA) is 49.9 Å². The Balaban J connectivity index is 1.68. The Hall–Kier alpha value is -1.81. The molecule has 1 aromatic heterocycles. The molecule has 4 nitrogen and oxygen atoms in total. The average Bonchev–Trinajstić information content (AvgIpc) is 3.15. The van der Waals surface area contributed by atoms with E-state index >= 15 is 0 Å². The van der Waals surface area contributed by atoms with Crippen molar-refractivity contribution in [2.45, 2.75) is 19.4 Å². The molecule has 2 N–H and O–H groups in total. The standard InChI is InChI=1S/C15H19N3O/c1-19-14-5-3-2-4-12(14)13-9-17-15(18-13)10-16-8-11-6-7-11/h2-5,9,11,16H,6-8,10H2,1H3,(H,17,18). The van der Waals surface area contributed by atoms with E-state index in [2.05, 4.69) is 15.3 Å². The lowest BCUT2D eigenvalue weighted by atomic mass is 10.1. The molecule has 2 aromatic rings. The molecule has 0 atom stereocenters. The van der Waals surface area contributed by atoms with Crippen molar-refractivity contribution in [3.05, 3.63) is 36.3 Å². The van der Waals surface area contributed by atoms with Gasteiger partial charge in [0.1, 0.15) is 11.6 Å². The summed E-state index contributed by atoms with van der Waals surface area (Å²) in [6.45, 7) is 1.90. The maximum absolute atomic E-state index is 5.37. The summed E-state index contributed by atoms with van der Waals surface area (Å²) < 4.78 is 5.37. The number of nitrogens with one attached hydrogen (secondary N) is 2. The van der Waals surface area contributed by atoms with Gasteiger partial charge in [-0.1, -0.05) is 12.1 Å². The first kappa shape index (κ1) is 12.2. The Kier molecular flexibility index (Phi) is 3.51. The molecule has 1 saturated carbocycles. The van der Waals surface area contributed by atoms with Crippen LogP contribution in [-0.2, 0) is 6.54 Å². The third kappa shape index (κ3) is 2.96. The maximum Gasteiger partial charge on any atom is 0.128 e. The molecular weight excluding hydrogens is 238 g/mol. The summed E-state index contributed by atoms with van der Waals surface area (Å²) in [7, 11) is 1.69. The van der Waals surface area contributed by atoms with Crippen molar-refractivity contribution in [3.63, 3.8) is 0 Å². The molecule has 0 saturated heterocycles. The van der Waals surface area contributed by atoms with Gasteiger partial charge in [0.25, 0.3) is 0 Å². The van der Waals surface area contributed by atoms with E-state index in [1.807, 2.05) is 30.5 Å². The molecule has 1 aliphatic carbocycles. The van der Waals surface area contributed by atoms with Crippen LogP contribution < -0.4 is 10.1 Å². The highest BCUT2D eigenvalue weighted by Gasteiger charge is 2.20. The summed E-state index contributed by atoms with van der Waals surface area (Å²) in [4.78, 5) is 7.76. The minimum absolute atomic E-state index is 0.797. The van der Waals surface area contributed by atoms with Gasteiger partial charge < -0.3 is 15.0 Å². The Labute approximate surface area is 113 Å². The summed E-state index contributed by atoms with van der Waals surface area (Å²) in [5.74, 6) is 2.73. The van der Waals surface area contributed by atoms with Gasteiger partial charge >= 0.3 is 0 Å². The minimum Gasteiger partial charge on any atom is -0.496 e. The molecule has 100 valence electrons. The first-order chi connectivity index (χ1) is 9.36. The number of aromatic nitrogens is 2. The van der Waals surface area contributed by atoms with Gasteiger partial charge in [-0.3, -0.25) is 0 Å². The zero-order valence-electron chi connectivity index (χ0n) is 11.1. The Morgan fingerprint density at radius 2 is 2.21 bits per heavy atom. The number of nitrogens with zero attached hydrogens (tertiary/aromatic N) is 1. The van der Waals surface area contributed by atoms with Crippen LogP contribution in [0.5, 0.6) is 5.75 Å². The molecular formula is C15H19N3O. The number of aromatic amines is 1. The van der Waals surface area contributed by atoms with Crippen LogP contribution >= 0.6 is 0 Å². The van der Waals surface area contributed by atoms with Crippen molar-refractivity contribution < 1.29 is 4.74 Å². The largest absolute Gasteiger partial charge is 0.496 e. The van der Waals surface area contributed by atoms with E-state index in [-0.39, 0.29) is 0 Å². The molecule has 0 bridgehead atoms. The van der Waals surface area contributed by atoms with Gasteiger partial charge in [-0.05, 0) is 37.4 Å². The fraction of sp³-hybridized carbons (Fsp3) is 0.400. The highest BCUT2D eigenvalue weighted by molar-refractivity contribution is 5.66. The lowest BCUT2D eigenvalue weighted by Gasteiger charge is -2.05. The van der Waals surface area contributed by atoms with Crippen molar-refractivity contribution in [1.29, 1.82) is 0 Å². The molecule has 0 unspecified atom stereocenters. The van der Waals surface area contributed by atoms with Crippen molar-refractivity contribution >= 4 is 0 Å². The molecule has 1 fully saturated rings. The van der Waals surface area contributed by atoms with E-state index in [1.54, 1.807) is 7.11 Å². The Morgan fingerprint density at radius 1 is 1.37 bits per heavy atom. The van der Waals surface area contributed by atoms with Crippen molar-refractivity contribution in [2.24, 2.45) is 5.92 Å². The summed E-state index contributed by atoms with van der Waals surface area (Å²) in [5, 5.41) is 3.43. The van der Waals surface area contributed by atoms with Crippen LogP contribution in [-0.4, -0.2) is 23.6 Å². The number of ether oxygens (including phenoxy) is 1. The quantitative estimate of drug-likeness (QED) is 0.836. The van der Waals surface area contributed by atoms with E-state index in [1.165, 1.54) is 12.8 Å². The molecule has 0 radical (unpaired) electrons. The van der Waals surface area contributed by atoms with E-state index in [0.29, 0.717) is 0 Å². The SMILES string of the molecule is COc1ccccc1-c1cnc(CNCC2CC2)[nH]1. The van der Waals surface area contributed by atoms with Crippen LogP contribution in [0.3, 0.4) is 0 Å². The van der Waals surface area contributed by atoms with Crippen LogP contribution in [0.15, 0.2) is 30.5 Å². The number of H-pyrrole nitrogens is 1. The lowest BCUT2D eigenvalue weighted by Crippen LogP contribution is -2.16. The number of rotatable bonds is 6. The third-order valence-corrected chi connectivity index (χ3v) is 3.45. The van der Waals surface area contributed by atoms with Gasteiger partial charge in [0, 0.05) is 5.56 Å². The summed E-state index contributed by atoms with van der Waals surface area (Å²) in [5.41, 5.74) is 2.05. The van der Waals surface area contributed by atoms with Crippen molar-refractivity contribution in [1.82, 2.24) is 15.3 Å². The first-order valence-electron chi connectivity index (χ1n) is 6.75. The zero-order chi connectivity index (χ0) is 13.1.